The number of hydrogen-bond donors (Lipinski definition) is 1. The summed E-state index contributed by atoms with van der Waals surface area (Å²) in [5.41, 5.74) is 2.20. The quantitative estimate of drug-likeness (QED) is 0.885. The molecule has 1 fully saturated rings. The van der Waals surface area contributed by atoms with Gasteiger partial charge < -0.3 is 19.2 Å². The Balaban J connectivity index is 1.67. The Morgan fingerprint density at radius 2 is 2.04 bits per heavy atom. The van der Waals surface area contributed by atoms with Crippen molar-refractivity contribution in [1.82, 2.24) is 4.90 Å². The molecule has 1 atom stereocenters. The number of rotatable bonds is 5. The fraction of sp³-hybridized carbons (Fsp3) is 0.400. The maximum absolute atomic E-state index is 12.6. The van der Waals surface area contributed by atoms with E-state index in [1.165, 1.54) is 4.90 Å². The van der Waals surface area contributed by atoms with E-state index >= 15 is 0 Å². The number of aliphatic carboxylic acids is 1. The molecule has 138 valence electrons. The topological polar surface area (TPSA) is 80.0 Å². The first kappa shape index (κ1) is 18.0. The van der Waals surface area contributed by atoms with Crippen LogP contribution < -0.4 is 4.74 Å². The standard InChI is InChI=1S/C20H23NO5/c1-13-6-8-17(14(2)11-13)25-12-15-7-9-18(26-15)19(22)21-10-4-3-5-16(21)20(23)24/h6-9,11,16H,3-5,10,12H2,1-2H3,(H,23,24)/t16-/m1/s1. The summed E-state index contributed by atoms with van der Waals surface area (Å²) in [6.45, 7) is 4.64. The molecule has 6 heteroatoms. The number of furan rings is 1. The second-order valence-corrected chi connectivity index (χ2v) is 6.67. The highest BCUT2D eigenvalue weighted by Gasteiger charge is 2.33. The predicted molar refractivity (Wildman–Crippen MR) is 95.3 cm³/mol. The van der Waals surface area contributed by atoms with E-state index in [9.17, 15) is 14.7 Å². The van der Waals surface area contributed by atoms with Gasteiger partial charge in [-0.3, -0.25) is 4.79 Å². The normalized spacial score (nSPS) is 17.2. The zero-order chi connectivity index (χ0) is 18.7. The molecule has 1 aromatic heterocycles. The maximum Gasteiger partial charge on any atom is 0.326 e. The molecule has 1 saturated heterocycles. The Hall–Kier alpha value is -2.76. The number of piperidine rings is 1. The lowest BCUT2D eigenvalue weighted by molar-refractivity contribution is -0.143. The van der Waals surface area contributed by atoms with Gasteiger partial charge in [-0.25, -0.2) is 4.79 Å². The predicted octanol–water partition coefficient (Wildman–Crippen LogP) is 3.55. The number of amides is 1. The second kappa shape index (κ2) is 7.64. The first-order chi connectivity index (χ1) is 12.5. The summed E-state index contributed by atoms with van der Waals surface area (Å²) < 4.78 is 11.4. The Kier molecular flexibility index (Phi) is 5.30. The van der Waals surface area contributed by atoms with Crippen LogP contribution in [0, 0.1) is 13.8 Å². The van der Waals surface area contributed by atoms with Gasteiger partial charge >= 0.3 is 5.97 Å². The molecule has 3 rings (SSSR count). The zero-order valence-corrected chi connectivity index (χ0v) is 15.0. The van der Waals surface area contributed by atoms with Gasteiger partial charge in [-0.2, -0.15) is 0 Å². The van der Waals surface area contributed by atoms with E-state index in [1.54, 1.807) is 12.1 Å². The Labute approximate surface area is 152 Å². The largest absolute Gasteiger partial charge is 0.485 e. The smallest absolute Gasteiger partial charge is 0.326 e. The van der Waals surface area contributed by atoms with Crippen molar-refractivity contribution in [3.8, 4) is 5.75 Å². The number of likely N-dealkylation sites (tertiary alicyclic amines) is 1. The van der Waals surface area contributed by atoms with Crippen LogP contribution >= 0.6 is 0 Å². The van der Waals surface area contributed by atoms with E-state index in [0.717, 1.165) is 29.7 Å². The summed E-state index contributed by atoms with van der Waals surface area (Å²) in [4.78, 5) is 25.4. The van der Waals surface area contributed by atoms with Gasteiger partial charge in [-0.15, -0.1) is 0 Å². The molecule has 1 aliphatic heterocycles. The minimum absolute atomic E-state index is 0.150. The molecule has 6 nitrogen and oxygen atoms in total. The molecule has 1 aliphatic rings. The van der Waals surface area contributed by atoms with E-state index in [2.05, 4.69) is 0 Å². The highest BCUT2D eigenvalue weighted by atomic mass is 16.5. The van der Waals surface area contributed by atoms with Gasteiger partial charge in [-0.05, 0) is 56.9 Å². The van der Waals surface area contributed by atoms with Crippen molar-refractivity contribution in [2.75, 3.05) is 6.54 Å². The first-order valence-corrected chi connectivity index (χ1v) is 8.78. The van der Waals surface area contributed by atoms with Crippen LogP contribution in [0.4, 0.5) is 0 Å². The molecule has 1 N–H and O–H groups in total. The number of ether oxygens (including phenoxy) is 1. The molecule has 26 heavy (non-hydrogen) atoms. The third kappa shape index (κ3) is 3.90. The van der Waals surface area contributed by atoms with Crippen LogP contribution in [0.3, 0.4) is 0 Å². The fourth-order valence-electron chi connectivity index (χ4n) is 3.25. The number of carboxylic acids is 1. The van der Waals surface area contributed by atoms with E-state index in [-0.39, 0.29) is 18.3 Å². The van der Waals surface area contributed by atoms with Crippen molar-refractivity contribution >= 4 is 11.9 Å². The molecule has 0 saturated carbocycles. The molecule has 2 aromatic rings. The van der Waals surface area contributed by atoms with E-state index < -0.39 is 12.0 Å². The van der Waals surface area contributed by atoms with Gasteiger partial charge in [-0.1, -0.05) is 17.7 Å². The fourth-order valence-corrected chi connectivity index (χ4v) is 3.25. The number of nitrogens with zero attached hydrogens (tertiary/aromatic N) is 1. The molecule has 1 aromatic carbocycles. The van der Waals surface area contributed by atoms with Crippen LogP contribution in [0.15, 0.2) is 34.7 Å². The van der Waals surface area contributed by atoms with Crippen molar-refractivity contribution in [3.05, 3.63) is 53.0 Å². The van der Waals surface area contributed by atoms with Crippen LogP contribution in [0.25, 0.3) is 0 Å². The van der Waals surface area contributed by atoms with Crippen LogP contribution in [0.2, 0.25) is 0 Å². The number of aryl methyl sites for hydroxylation is 2. The van der Waals surface area contributed by atoms with Gasteiger partial charge in [0.1, 0.15) is 24.2 Å². The monoisotopic (exact) mass is 357 g/mol. The molecule has 0 unspecified atom stereocenters. The Bertz CT molecular complexity index is 810. The average molecular weight is 357 g/mol. The lowest BCUT2D eigenvalue weighted by Gasteiger charge is -2.32. The summed E-state index contributed by atoms with van der Waals surface area (Å²) in [5.74, 6) is 0.0920. The van der Waals surface area contributed by atoms with E-state index in [4.69, 9.17) is 9.15 Å². The van der Waals surface area contributed by atoms with Crippen molar-refractivity contribution in [2.24, 2.45) is 0 Å². The summed E-state index contributed by atoms with van der Waals surface area (Å²) >= 11 is 0. The molecule has 0 radical (unpaired) electrons. The lowest BCUT2D eigenvalue weighted by Crippen LogP contribution is -2.47. The molecule has 0 bridgehead atoms. The lowest BCUT2D eigenvalue weighted by atomic mass is 10.0. The number of carboxylic acid groups (broad SMARTS) is 1. The third-order valence-corrected chi connectivity index (χ3v) is 4.62. The SMILES string of the molecule is Cc1ccc(OCc2ccc(C(=O)N3CCCC[C@@H]3C(=O)O)o2)c(C)c1. The van der Waals surface area contributed by atoms with Gasteiger partial charge in [0.15, 0.2) is 5.76 Å². The molecular weight excluding hydrogens is 334 g/mol. The van der Waals surface area contributed by atoms with Crippen molar-refractivity contribution in [3.63, 3.8) is 0 Å². The molecular formula is C20H23NO5. The van der Waals surface area contributed by atoms with Crippen LogP contribution in [0.5, 0.6) is 5.75 Å². The van der Waals surface area contributed by atoms with Gasteiger partial charge in [0, 0.05) is 6.54 Å². The Morgan fingerprint density at radius 3 is 2.77 bits per heavy atom. The highest BCUT2D eigenvalue weighted by Crippen LogP contribution is 2.23. The highest BCUT2D eigenvalue weighted by molar-refractivity contribution is 5.94. The molecule has 1 amide bonds. The summed E-state index contributed by atoms with van der Waals surface area (Å²) in [6.07, 6.45) is 2.09. The van der Waals surface area contributed by atoms with Crippen molar-refractivity contribution in [1.29, 1.82) is 0 Å². The van der Waals surface area contributed by atoms with Crippen molar-refractivity contribution < 1.29 is 23.8 Å². The maximum atomic E-state index is 12.6. The molecule has 0 aliphatic carbocycles. The zero-order valence-electron chi connectivity index (χ0n) is 15.0. The minimum Gasteiger partial charge on any atom is -0.485 e. The number of carbonyl (C=O) groups is 2. The van der Waals surface area contributed by atoms with Gasteiger partial charge in [0.05, 0.1) is 0 Å². The van der Waals surface area contributed by atoms with Crippen LogP contribution in [0.1, 0.15) is 46.7 Å². The van der Waals surface area contributed by atoms with Crippen LogP contribution in [-0.4, -0.2) is 34.5 Å². The molecule has 0 spiro atoms. The Morgan fingerprint density at radius 1 is 1.23 bits per heavy atom. The van der Waals surface area contributed by atoms with Gasteiger partial charge in [0.25, 0.3) is 5.91 Å². The first-order valence-electron chi connectivity index (χ1n) is 8.78. The van der Waals surface area contributed by atoms with E-state index in [0.29, 0.717) is 18.7 Å². The summed E-state index contributed by atoms with van der Waals surface area (Å²) in [5, 5.41) is 9.32. The average Bonchev–Trinajstić information content (AvgIpc) is 3.09. The number of benzene rings is 1. The summed E-state index contributed by atoms with van der Waals surface area (Å²) in [6, 6.07) is 8.41. The molecule has 2 heterocycles. The number of carbonyl (C=O) groups excluding carboxylic acids is 1. The minimum atomic E-state index is -0.969. The summed E-state index contributed by atoms with van der Waals surface area (Å²) in [7, 11) is 0. The third-order valence-electron chi connectivity index (χ3n) is 4.62. The van der Waals surface area contributed by atoms with Crippen molar-refractivity contribution in [2.45, 2.75) is 45.8 Å². The van der Waals surface area contributed by atoms with Crippen LogP contribution in [-0.2, 0) is 11.4 Å². The second-order valence-electron chi connectivity index (χ2n) is 6.67. The van der Waals surface area contributed by atoms with E-state index in [1.807, 2.05) is 32.0 Å². The van der Waals surface area contributed by atoms with Gasteiger partial charge in [0.2, 0.25) is 0 Å². The number of hydrogen-bond acceptors (Lipinski definition) is 4.